The molecule has 1 amide bonds. The third-order valence-corrected chi connectivity index (χ3v) is 7.95. The maximum Gasteiger partial charge on any atom is 0.253 e. The smallest absolute Gasteiger partial charge is 0.253 e. The Morgan fingerprint density at radius 1 is 1.03 bits per heavy atom. The van der Waals surface area contributed by atoms with Crippen LogP contribution in [-0.2, 0) is 10.0 Å². The number of hydrogen-bond donors (Lipinski definition) is 0. The number of carbonyl (C=O) groups excluding carboxylic acids is 1. The summed E-state index contributed by atoms with van der Waals surface area (Å²) in [6.07, 6.45) is 2.71. The van der Waals surface area contributed by atoms with Gasteiger partial charge in [-0.3, -0.25) is 4.79 Å². The van der Waals surface area contributed by atoms with E-state index in [1.807, 2.05) is 31.2 Å². The van der Waals surface area contributed by atoms with Crippen LogP contribution in [0.3, 0.4) is 0 Å². The number of rotatable bonds is 7. The van der Waals surface area contributed by atoms with Gasteiger partial charge in [-0.15, -0.1) is 0 Å². The lowest BCUT2D eigenvalue weighted by Gasteiger charge is -2.32. The first-order valence-electron chi connectivity index (χ1n) is 11.4. The van der Waals surface area contributed by atoms with E-state index < -0.39 is 20.7 Å². The molecule has 0 N–H and O–H groups in total. The number of nitrogens with zero attached hydrogens (tertiary/aromatic N) is 2. The van der Waals surface area contributed by atoms with E-state index in [4.69, 9.17) is 9.47 Å². The van der Waals surface area contributed by atoms with Crippen LogP contribution in [-0.4, -0.2) is 62.4 Å². The van der Waals surface area contributed by atoms with Crippen molar-refractivity contribution in [1.82, 2.24) is 9.21 Å². The minimum Gasteiger partial charge on any atom is -0.490 e. The Hall–Kier alpha value is -2.65. The van der Waals surface area contributed by atoms with Gasteiger partial charge in [-0.25, -0.2) is 12.8 Å². The first kappa shape index (κ1) is 23.5. The lowest BCUT2D eigenvalue weighted by atomic mass is 10.1. The summed E-state index contributed by atoms with van der Waals surface area (Å²) in [5.74, 6) is 0.232. The Morgan fingerprint density at radius 2 is 1.70 bits per heavy atom. The van der Waals surface area contributed by atoms with Crippen LogP contribution >= 0.6 is 0 Å². The van der Waals surface area contributed by atoms with E-state index in [0.29, 0.717) is 57.1 Å². The van der Waals surface area contributed by atoms with Crippen LogP contribution in [0.25, 0.3) is 0 Å². The van der Waals surface area contributed by atoms with Gasteiger partial charge in [0.05, 0.1) is 6.61 Å². The third-order valence-electron chi connectivity index (χ3n) is 6.03. The van der Waals surface area contributed by atoms with Gasteiger partial charge < -0.3 is 14.4 Å². The fourth-order valence-electron chi connectivity index (χ4n) is 4.26. The van der Waals surface area contributed by atoms with Crippen molar-refractivity contribution in [2.45, 2.75) is 43.6 Å². The molecule has 2 aromatic rings. The minimum absolute atomic E-state index is 0.0602. The summed E-state index contributed by atoms with van der Waals surface area (Å²) in [5, 5.41) is 0. The van der Waals surface area contributed by atoms with Crippen LogP contribution in [0.15, 0.2) is 47.4 Å². The number of para-hydroxylation sites is 2. The molecule has 0 unspecified atom stereocenters. The molecule has 2 saturated heterocycles. The number of benzene rings is 2. The summed E-state index contributed by atoms with van der Waals surface area (Å²) >= 11 is 0. The van der Waals surface area contributed by atoms with Gasteiger partial charge in [-0.1, -0.05) is 12.1 Å². The Morgan fingerprint density at radius 3 is 2.36 bits per heavy atom. The van der Waals surface area contributed by atoms with Crippen molar-refractivity contribution in [3.05, 3.63) is 53.8 Å². The highest BCUT2D eigenvalue weighted by atomic mass is 32.2. The second-order valence-corrected chi connectivity index (χ2v) is 10.2. The van der Waals surface area contributed by atoms with Gasteiger partial charge in [0.15, 0.2) is 11.5 Å². The summed E-state index contributed by atoms with van der Waals surface area (Å²) in [5.41, 5.74) is 0.176. The van der Waals surface area contributed by atoms with Gasteiger partial charge in [0, 0.05) is 44.6 Å². The van der Waals surface area contributed by atoms with E-state index >= 15 is 0 Å². The fourth-order valence-corrected chi connectivity index (χ4v) is 5.87. The molecule has 2 aliphatic heterocycles. The number of carbonyl (C=O) groups is 1. The molecular formula is C24H29FN2O5S. The van der Waals surface area contributed by atoms with Gasteiger partial charge >= 0.3 is 0 Å². The zero-order valence-corrected chi connectivity index (χ0v) is 19.5. The monoisotopic (exact) mass is 476 g/mol. The molecule has 7 nitrogen and oxygen atoms in total. The van der Waals surface area contributed by atoms with Gasteiger partial charge in [-0.05, 0) is 50.1 Å². The van der Waals surface area contributed by atoms with E-state index in [1.165, 1.54) is 16.4 Å². The highest BCUT2D eigenvalue weighted by Gasteiger charge is 2.31. The zero-order valence-electron chi connectivity index (χ0n) is 18.7. The van der Waals surface area contributed by atoms with E-state index in [9.17, 15) is 17.6 Å². The average Bonchev–Trinajstić information content (AvgIpc) is 3.37. The summed E-state index contributed by atoms with van der Waals surface area (Å²) in [7, 11) is -3.95. The summed E-state index contributed by atoms with van der Waals surface area (Å²) in [6, 6.07) is 11.1. The van der Waals surface area contributed by atoms with Crippen LogP contribution in [0.1, 0.15) is 43.0 Å². The second kappa shape index (κ2) is 10.1. The number of halogens is 1. The van der Waals surface area contributed by atoms with Gasteiger partial charge in [0.1, 0.15) is 16.8 Å². The van der Waals surface area contributed by atoms with Crippen molar-refractivity contribution in [1.29, 1.82) is 0 Å². The molecule has 0 aliphatic carbocycles. The van der Waals surface area contributed by atoms with Crippen LogP contribution in [0.5, 0.6) is 11.5 Å². The Kier molecular flexibility index (Phi) is 7.19. The number of sulfonamides is 1. The molecule has 0 saturated carbocycles. The highest BCUT2D eigenvalue weighted by Crippen LogP contribution is 2.30. The lowest BCUT2D eigenvalue weighted by Crippen LogP contribution is -2.42. The first-order valence-corrected chi connectivity index (χ1v) is 12.8. The molecular weight excluding hydrogens is 447 g/mol. The maximum atomic E-state index is 14.4. The lowest BCUT2D eigenvalue weighted by molar-refractivity contribution is 0.0589. The minimum atomic E-state index is -3.95. The Balaban J connectivity index is 1.42. The summed E-state index contributed by atoms with van der Waals surface area (Å²) < 4.78 is 53.1. The van der Waals surface area contributed by atoms with Crippen molar-refractivity contribution >= 4 is 15.9 Å². The van der Waals surface area contributed by atoms with E-state index in [-0.39, 0.29) is 17.6 Å². The van der Waals surface area contributed by atoms with Crippen molar-refractivity contribution in [3.8, 4) is 11.5 Å². The van der Waals surface area contributed by atoms with Crippen molar-refractivity contribution < 1.29 is 27.1 Å². The molecule has 0 radical (unpaired) electrons. The van der Waals surface area contributed by atoms with Crippen molar-refractivity contribution in [2.75, 3.05) is 32.8 Å². The molecule has 9 heteroatoms. The first-order chi connectivity index (χ1) is 15.9. The maximum absolute atomic E-state index is 14.4. The molecule has 178 valence electrons. The molecule has 33 heavy (non-hydrogen) atoms. The SMILES string of the molecule is CCOc1ccccc1OC1CCN(C(=O)c2ccc(F)c(S(=O)(=O)N3CCCC3)c2)CC1. The zero-order chi connectivity index (χ0) is 23.4. The van der Waals surface area contributed by atoms with Gasteiger partial charge in [0.25, 0.3) is 5.91 Å². The summed E-state index contributed by atoms with van der Waals surface area (Å²) in [6.45, 7) is 4.14. The molecule has 0 atom stereocenters. The predicted molar refractivity (Wildman–Crippen MR) is 122 cm³/mol. The van der Waals surface area contributed by atoms with E-state index in [1.54, 1.807) is 4.90 Å². The van der Waals surface area contributed by atoms with E-state index in [2.05, 4.69) is 0 Å². The van der Waals surface area contributed by atoms with Crippen molar-refractivity contribution in [2.24, 2.45) is 0 Å². The van der Waals surface area contributed by atoms with Gasteiger partial charge in [0.2, 0.25) is 10.0 Å². The molecule has 2 aromatic carbocycles. The van der Waals surface area contributed by atoms with Crippen LogP contribution in [0.4, 0.5) is 4.39 Å². The van der Waals surface area contributed by atoms with Crippen LogP contribution in [0, 0.1) is 5.82 Å². The topological polar surface area (TPSA) is 76.1 Å². The summed E-state index contributed by atoms with van der Waals surface area (Å²) in [4.78, 5) is 14.3. The second-order valence-electron chi connectivity index (χ2n) is 8.25. The molecule has 0 aromatic heterocycles. The predicted octanol–water partition coefficient (Wildman–Crippen LogP) is 3.69. The third kappa shape index (κ3) is 5.14. The molecule has 0 spiro atoms. The quantitative estimate of drug-likeness (QED) is 0.609. The largest absolute Gasteiger partial charge is 0.490 e. The van der Waals surface area contributed by atoms with Crippen LogP contribution in [0.2, 0.25) is 0 Å². The highest BCUT2D eigenvalue weighted by molar-refractivity contribution is 7.89. The normalized spacial score (nSPS) is 17.8. The number of amides is 1. The van der Waals surface area contributed by atoms with Crippen LogP contribution < -0.4 is 9.47 Å². The number of likely N-dealkylation sites (tertiary alicyclic amines) is 1. The standard InChI is InChI=1S/C24H29FN2O5S/c1-2-31-21-7-3-4-8-22(21)32-19-11-15-26(16-12-19)24(28)18-9-10-20(25)23(17-18)33(29,30)27-13-5-6-14-27/h3-4,7-10,17,19H,2,5-6,11-16H2,1H3. The molecule has 2 aliphatic rings. The molecule has 4 rings (SSSR count). The molecule has 2 fully saturated rings. The average molecular weight is 477 g/mol. The molecule has 2 heterocycles. The number of ether oxygens (including phenoxy) is 2. The Bertz CT molecular complexity index is 1090. The van der Waals surface area contributed by atoms with E-state index in [0.717, 1.165) is 18.9 Å². The van der Waals surface area contributed by atoms with Crippen molar-refractivity contribution in [3.63, 3.8) is 0 Å². The number of hydrogen-bond acceptors (Lipinski definition) is 5. The molecule has 0 bridgehead atoms. The fraction of sp³-hybridized carbons (Fsp3) is 0.458. The number of piperidine rings is 1. The Labute approximate surface area is 194 Å². The van der Waals surface area contributed by atoms with Gasteiger partial charge in [-0.2, -0.15) is 4.31 Å².